The summed E-state index contributed by atoms with van der Waals surface area (Å²) in [5, 5.41) is 13.3. The number of halogens is 1. The highest BCUT2D eigenvalue weighted by molar-refractivity contribution is 6.31. The van der Waals surface area contributed by atoms with E-state index in [4.69, 9.17) is 16.3 Å². The number of hydrogen-bond donors (Lipinski definition) is 2. The summed E-state index contributed by atoms with van der Waals surface area (Å²) in [5.41, 5.74) is 2.16. The summed E-state index contributed by atoms with van der Waals surface area (Å²) in [7, 11) is 1.64. The van der Waals surface area contributed by atoms with Gasteiger partial charge in [-0.2, -0.15) is 0 Å². The van der Waals surface area contributed by atoms with Crippen LogP contribution in [0.2, 0.25) is 5.02 Å². The van der Waals surface area contributed by atoms with Crippen LogP contribution in [0.5, 0.6) is 11.5 Å². The van der Waals surface area contributed by atoms with E-state index in [2.05, 4.69) is 5.32 Å². The lowest BCUT2D eigenvalue weighted by atomic mass is 10.1. The van der Waals surface area contributed by atoms with Crippen LogP contribution < -0.4 is 10.1 Å². The van der Waals surface area contributed by atoms with E-state index in [0.717, 1.165) is 24.3 Å². The van der Waals surface area contributed by atoms with Gasteiger partial charge in [0, 0.05) is 17.1 Å². The number of hydrogen-bond acceptors (Lipinski definition) is 3. The molecule has 0 aliphatic rings. The van der Waals surface area contributed by atoms with Crippen LogP contribution in [0.4, 0.5) is 0 Å². The molecule has 0 amide bonds. The average molecular weight is 292 g/mol. The predicted octanol–water partition coefficient (Wildman–Crippen LogP) is 3.39. The maximum absolute atomic E-state index is 9.22. The van der Waals surface area contributed by atoms with Crippen molar-refractivity contribution >= 4 is 11.6 Å². The highest BCUT2D eigenvalue weighted by Gasteiger charge is 2.06. The Bertz CT molecular complexity index is 555. The Morgan fingerprint density at radius 2 is 1.90 bits per heavy atom. The molecule has 0 radical (unpaired) electrons. The van der Waals surface area contributed by atoms with Crippen LogP contribution in [0.15, 0.2) is 42.5 Å². The quantitative estimate of drug-likeness (QED) is 0.802. The van der Waals surface area contributed by atoms with Gasteiger partial charge in [-0.25, -0.2) is 0 Å². The molecule has 2 rings (SSSR count). The third kappa shape index (κ3) is 3.89. The Kier molecular flexibility index (Phi) is 5.27. The van der Waals surface area contributed by atoms with Gasteiger partial charge in [0.25, 0.3) is 0 Å². The maximum Gasteiger partial charge on any atom is 0.124 e. The second-order valence-corrected chi connectivity index (χ2v) is 4.92. The predicted molar refractivity (Wildman–Crippen MR) is 81.5 cm³/mol. The van der Waals surface area contributed by atoms with Crippen molar-refractivity contribution in [2.45, 2.75) is 13.0 Å². The van der Waals surface area contributed by atoms with E-state index in [1.807, 2.05) is 30.3 Å². The van der Waals surface area contributed by atoms with Crippen LogP contribution in [0.25, 0.3) is 0 Å². The van der Waals surface area contributed by atoms with E-state index in [0.29, 0.717) is 17.3 Å². The highest BCUT2D eigenvalue weighted by atomic mass is 35.5. The van der Waals surface area contributed by atoms with Gasteiger partial charge in [-0.15, -0.1) is 0 Å². The number of rotatable bonds is 6. The SMILES string of the molecule is COc1cccc(Cl)c1CNCCc1ccc(O)cc1. The van der Waals surface area contributed by atoms with Crippen LogP contribution in [-0.4, -0.2) is 18.8 Å². The molecule has 0 spiro atoms. The lowest BCUT2D eigenvalue weighted by Crippen LogP contribution is -2.17. The summed E-state index contributed by atoms with van der Waals surface area (Å²) in [6.07, 6.45) is 0.896. The molecule has 0 fully saturated rings. The Hall–Kier alpha value is -1.71. The minimum atomic E-state index is 0.294. The molecule has 106 valence electrons. The Labute approximate surface area is 124 Å². The van der Waals surface area contributed by atoms with Crippen LogP contribution >= 0.6 is 11.6 Å². The van der Waals surface area contributed by atoms with Crippen LogP contribution in [0.1, 0.15) is 11.1 Å². The summed E-state index contributed by atoms with van der Waals surface area (Å²) in [6.45, 7) is 1.50. The van der Waals surface area contributed by atoms with E-state index in [9.17, 15) is 5.11 Å². The minimum absolute atomic E-state index is 0.294. The molecule has 0 aliphatic carbocycles. The number of benzene rings is 2. The fraction of sp³-hybridized carbons (Fsp3) is 0.250. The number of methoxy groups -OCH3 is 1. The summed E-state index contributed by atoms with van der Waals surface area (Å²) >= 11 is 6.17. The van der Waals surface area contributed by atoms with Crippen molar-refractivity contribution in [3.63, 3.8) is 0 Å². The Morgan fingerprint density at radius 1 is 1.15 bits per heavy atom. The van der Waals surface area contributed by atoms with E-state index >= 15 is 0 Å². The van der Waals surface area contributed by atoms with Crippen molar-refractivity contribution in [3.05, 3.63) is 58.6 Å². The second kappa shape index (κ2) is 7.17. The zero-order valence-electron chi connectivity index (χ0n) is 11.4. The fourth-order valence-corrected chi connectivity index (χ4v) is 2.24. The molecule has 4 heteroatoms. The van der Waals surface area contributed by atoms with Crippen molar-refractivity contribution in [1.29, 1.82) is 0 Å². The smallest absolute Gasteiger partial charge is 0.124 e. The monoisotopic (exact) mass is 291 g/mol. The number of nitrogens with one attached hydrogen (secondary N) is 1. The first kappa shape index (κ1) is 14.7. The van der Waals surface area contributed by atoms with Gasteiger partial charge in [0.2, 0.25) is 0 Å². The lowest BCUT2D eigenvalue weighted by molar-refractivity contribution is 0.408. The van der Waals surface area contributed by atoms with E-state index in [1.54, 1.807) is 19.2 Å². The summed E-state index contributed by atoms with van der Waals surface area (Å²) in [4.78, 5) is 0. The molecule has 0 aromatic heterocycles. The third-order valence-electron chi connectivity index (χ3n) is 3.12. The standard InChI is InChI=1S/C16H18ClNO2/c1-20-16-4-2-3-15(17)14(16)11-18-10-9-12-5-7-13(19)8-6-12/h2-8,18-19H,9-11H2,1H3. The molecule has 2 N–H and O–H groups in total. The van der Waals surface area contributed by atoms with E-state index in [-0.39, 0.29) is 0 Å². The zero-order valence-corrected chi connectivity index (χ0v) is 12.2. The van der Waals surface area contributed by atoms with Gasteiger partial charge in [0.05, 0.1) is 7.11 Å². The topological polar surface area (TPSA) is 41.5 Å². The van der Waals surface area contributed by atoms with Gasteiger partial charge >= 0.3 is 0 Å². The van der Waals surface area contributed by atoms with Gasteiger partial charge in [-0.3, -0.25) is 0 Å². The molecule has 20 heavy (non-hydrogen) atoms. The molecule has 0 atom stereocenters. The van der Waals surface area contributed by atoms with Crippen LogP contribution in [0, 0.1) is 0 Å². The number of phenolic OH excluding ortho intramolecular Hbond substituents is 1. The third-order valence-corrected chi connectivity index (χ3v) is 3.48. The van der Waals surface area contributed by atoms with Gasteiger partial charge in [-0.1, -0.05) is 29.8 Å². The Morgan fingerprint density at radius 3 is 2.60 bits per heavy atom. The first-order valence-electron chi connectivity index (χ1n) is 6.50. The first-order valence-corrected chi connectivity index (χ1v) is 6.88. The van der Waals surface area contributed by atoms with Crippen LogP contribution in [0.3, 0.4) is 0 Å². The molecule has 0 saturated heterocycles. The molecule has 3 nitrogen and oxygen atoms in total. The summed E-state index contributed by atoms with van der Waals surface area (Å²) in [5.74, 6) is 1.09. The van der Waals surface area contributed by atoms with Crippen molar-refractivity contribution in [1.82, 2.24) is 5.32 Å². The maximum atomic E-state index is 9.22. The molecule has 0 saturated carbocycles. The van der Waals surface area contributed by atoms with Crippen LogP contribution in [-0.2, 0) is 13.0 Å². The first-order chi connectivity index (χ1) is 9.70. The number of ether oxygens (including phenoxy) is 1. The van der Waals surface area contributed by atoms with Crippen molar-refractivity contribution < 1.29 is 9.84 Å². The van der Waals surface area contributed by atoms with Crippen molar-refractivity contribution in [2.75, 3.05) is 13.7 Å². The van der Waals surface area contributed by atoms with E-state index < -0.39 is 0 Å². The van der Waals surface area contributed by atoms with Gasteiger partial charge in [0.1, 0.15) is 11.5 Å². The van der Waals surface area contributed by atoms with Crippen molar-refractivity contribution in [2.24, 2.45) is 0 Å². The minimum Gasteiger partial charge on any atom is -0.508 e. The molecule has 0 bridgehead atoms. The fourth-order valence-electron chi connectivity index (χ4n) is 2.01. The van der Waals surface area contributed by atoms with E-state index in [1.165, 1.54) is 5.56 Å². The highest BCUT2D eigenvalue weighted by Crippen LogP contribution is 2.25. The zero-order chi connectivity index (χ0) is 14.4. The van der Waals surface area contributed by atoms with Gasteiger partial charge in [0.15, 0.2) is 0 Å². The van der Waals surface area contributed by atoms with Gasteiger partial charge < -0.3 is 15.2 Å². The van der Waals surface area contributed by atoms with Crippen molar-refractivity contribution in [3.8, 4) is 11.5 Å². The molecular formula is C16H18ClNO2. The normalized spacial score (nSPS) is 10.5. The van der Waals surface area contributed by atoms with Gasteiger partial charge in [-0.05, 0) is 42.8 Å². The molecule has 2 aromatic carbocycles. The molecule has 2 aromatic rings. The largest absolute Gasteiger partial charge is 0.508 e. The molecule has 0 heterocycles. The molecule has 0 aliphatic heterocycles. The number of aromatic hydroxyl groups is 1. The second-order valence-electron chi connectivity index (χ2n) is 4.51. The summed E-state index contributed by atoms with van der Waals surface area (Å²) < 4.78 is 5.30. The molecular weight excluding hydrogens is 274 g/mol. The molecule has 0 unspecified atom stereocenters. The average Bonchev–Trinajstić information content (AvgIpc) is 2.46. The lowest BCUT2D eigenvalue weighted by Gasteiger charge is -2.11. The summed E-state index contributed by atoms with van der Waals surface area (Å²) in [6, 6.07) is 12.9. The Balaban J connectivity index is 1.86. The number of phenols is 1.